The van der Waals surface area contributed by atoms with Gasteiger partial charge in [-0.2, -0.15) is 5.10 Å². The number of rotatable bonds is 12. The number of amides is 2. The lowest BCUT2D eigenvalue weighted by Crippen LogP contribution is -2.46. The van der Waals surface area contributed by atoms with Crippen molar-refractivity contribution in [2.24, 2.45) is 22.9 Å². The van der Waals surface area contributed by atoms with Crippen molar-refractivity contribution in [1.29, 1.82) is 0 Å². The Morgan fingerprint density at radius 2 is 1.40 bits per heavy atom. The number of benzene rings is 2. The monoisotopic (exact) mass is 746 g/mol. The maximum Gasteiger partial charge on any atom is 0.277 e. The molecule has 5 aliphatic rings. The number of nitrogens with zero attached hydrogens (tertiary/aromatic N) is 3. The molecule has 2 aromatic carbocycles. The predicted octanol–water partition coefficient (Wildman–Crippen LogP) is 10.6. The normalized spacial score (nSPS) is 21.5. The molecule has 1 aliphatic heterocycles. The SMILES string of the molecule is CCN(CC)c1ccc(C2=C(O)C(=C3C(=O)N(C(C4CCCCC4)C4CCCCC4)N=C3CCC3CCCC3)C2=O)c(NC(=O)c2c(C)cc(C)cc2C)c1. The molecule has 0 radical (unpaired) electrons. The smallest absolute Gasteiger partial charge is 0.277 e. The number of Topliss-reactive ketones (excluding diaryl/α,β-unsaturated/α-hetero) is 1. The fourth-order valence-electron chi connectivity index (χ4n) is 10.7. The fraction of sp³-hybridized carbons (Fsp3) is 0.574. The van der Waals surface area contributed by atoms with Gasteiger partial charge in [-0.3, -0.25) is 14.4 Å². The Balaban J connectivity index is 1.29. The number of hydrogen-bond donors (Lipinski definition) is 2. The molecule has 0 bridgehead atoms. The number of allylic oxidation sites excluding steroid dienone is 2. The number of hydrogen-bond acceptors (Lipinski definition) is 6. The van der Waals surface area contributed by atoms with Gasteiger partial charge in [-0.15, -0.1) is 0 Å². The van der Waals surface area contributed by atoms with Crippen LogP contribution in [0.1, 0.15) is 149 Å². The number of ketones is 1. The standard InChI is InChI=1S/C47H62N4O4/c1-6-50(7-2)35-23-24-36(38(28-35)48-46(54)39-30(4)26-29(3)27-31(39)5)40-44(52)42(45(40)53)41-37(25-22-32-16-14-15-17-32)49-51(47(41)55)43(33-18-10-8-11-19-33)34-20-12-9-13-21-34/h23-24,26-28,32-34,43,52H,6-22,25H2,1-5H3,(H,48,54). The van der Waals surface area contributed by atoms with Gasteiger partial charge in [0, 0.05) is 29.9 Å². The molecule has 3 fully saturated rings. The van der Waals surface area contributed by atoms with E-state index in [0.29, 0.717) is 52.3 Å². The van der Waals surface area contributed by atoms with Crippen LogP contribution in [0.15, 0.2) is 52.3 Å². The van der Waals surface area contributed by atoms with Crippen molar-refractivity contribution in [3.05, 3.63) is 75.1 Å². The van der Waals surface area contributed by atoms with Gasteiger partial charge in [-0.25, -0.2) is 5.01 Å². The van der Waals surface area contributed by atoms with E-state index in [4.69, 9.17) is 5.10 Å². The fourth-order valence-corrected chi connectivity index (χ4v) is 10.7. The maximum absolute atomic E-state index is 14.9. The molecule has 2 amide bonds. The van der Waals surface area contributed by atoms with Crippen molar-refractivity contribution < 1.29 is 19.5 Å². The highest BCUT2D eigenvalue weighted by Crippen LogP contribution is 2.46. The Kier molecular flexibility index (Phi) is 12.0. The largest absolute Gasteiger partial charge is 0.506 e. The van der Waals surface area contributed by atoms with Gasteiger partial charge in [0.2, 0.25) is 5.78 Å². The second-order valence-corrected chi connectivity index (χ2v) is 17.1. The highest BCUT2D eigenvalue weighted by Gasteiger charge is 2.48. The summed E-state index contributed by atoms with van der Waals surface area (Å²) in [5.41, 5.74) is 6.44. The molecule has 8 heteroatoms. The highest BCUT2D eigenvalue weighted by molar-refractivity contribution is 6.44. The van der Waals surface area contributed by atoms with E-state index in [1.54, 1.807) is 5.01 Å². The molecule has 2 aromatic rings. The quantitative estimate of drug-likeness (QED) is 0.211. The van der Waals surface area contributed by atoms with Crippen LogP contribution >= 0.6 is 0 Å². The minimum atomic E-state index is -0.364. The molecule has 0 spiro atoms. The van der Waals surface area contributed by atoms with Gasteiger partial charge in [-0.05, 0) is 120 Å². The van der Waals surface area contributed by atoms with Gasteiger partial charge >= 0.3 is 0 Å². The summed E-state index contributed by atoms with van der Waals surface area (Å²) in [6.07, 6.45) is 18.1. The first kappa shape index (κ1) is 39.1. The summed E-state index contributed by atoms with van der Waals surface area (Å²) in [6.45, 7) is 11.6. The first-order chi connectivity index (χ1) is 26.6. The van der Waals surface area contributed by atoms with Crippen molar-refractivity contribution in [2.75, 3.05) is 23.3 Å². The first-order valence-electron chi connectivity index (χ1n) is 21.5. The van der Waals surface area contributed by atoms with Crippen LogP contribution in [0.5, 0.6) is 0 Å². The van der Waals surface area contributed by atoms with Crippen molar-refractivity contribution >= 4 is 40.3 Å². The van der Waals surface area contributed by atoms with Gasteiger partial charge in [0.25, 0.3) is 11.8 Å². The minimum Gasteiger partial charge on any atom is -0.506 e. The van der Waals surface area contributed by atoms with E-state index in [9.17, 15) is 19.5 Å². The number of hydrazone groups is 1. The number of aliphatic hydroxyl groups is 1. The molecule has 0 atom stereocenters. The number of carbonyl (C=O) groups excluding carboxylic acids is 3. The molecule has 294 valence electrons. The molecular formula is C47H62N4O4. The Morgan fingerprint density at radius 3 is 1.96 bits per heavy atom. The zero-order chi connectivity index (χ0) is 38.8. The second-order valence-electron chi connectivity index (χ2n) is 17.1. The molecule has 0 aromatic heterocycles. The Hall–Kier alpha value is -4.20. The molecule has 3 saturated carbocycles. The summed E-state index contributed by atoms with van der Waals surface area (Å²) < 4.78 is 0. The van der Waals surface area contributed by atoms with Crippen LogP contribution in [0.3, 0.4) is 0 Å². The van der Waals surface area contributed by atoms with Crippen LogP contribution in [-0.2, 0) is 9.59 Å². The Labute approximate surface area is 328 Å². The first-order valence-corrected chi connectivity index (χ1v) is 21.5. The predicted molar refractivity (Wildman–Crippen MR) is 223 cm³/mol. The topological polar surface area (TPSA) is 102 Å². The molecule has 0 unspecified atom stereocenters. The molecule has 1 heterocycles. The second kappa shape index (κ2) is 16.9. The lowest BCUT2D eigenvalue weighted by atomic mass is 9.73. The third kappa shape index (κ3) is 7.80. The van der Waals surface area contributed by atoms with E-state index in [1.165, 1.54) is 64.2 Å². The van der Waals surface area contributed by atoms with Crippen molar-refractivity contribution in [3.8, 4) is 0 Å². The summed E-state index contributed by atoms with van der Waals surface area (Å²) >= 11 is 0. The molecule has 2 N–H and O–H groups in total. The minimum absolute atomic E-state index is 0.0246. The Morgan fingerprint density at radius 1 is 0.818 bits per heavy atom. The number of nitrogens with one attached hydrogen (secondary N) is 1. The molecule has 7 rings (SSSR count). The molecule has 4 aliphatic carbocycles. The van der Waals surface area contributed by atoms with E-state index >= 15 is 0 Å². The van der Waals surface area contributed by atoms with Crippen molar-refractivity contribution in [2.45, 2.75) is 143 Å². The van der Waals surface area contributed by atoms with E-state index in [1.807, 2.05) is 51.1 Å². The van der Waals surface area contributed by atoms with Crippen LogP contribution in [0.25, 0.3) is 5.57 Å². The number of carbonyl (C=O) groups is 3. The molecule has 0 saturated heterocycles. The lowest BCUT2D eigenvalue weighted by Gasteiger charge is -2.41. The van der Waals surface area contributed by atoms with Crippen LogP contribution in [0, 0.1) is 38.5 Å². The Bertz CT molecular complexity index is 1860. The summed E-state index contributed by atoms with van der Waals surface area (Å²) in [7, 11) is 0. The van der Waals surface area contributed by atoms with E-state index in [0.717, 1.165) is 67.6 Å². The van der Waals surface area contributed by atoms with Gasteiger partial charge < -0.3 is 15.3 Å². The third-order valence-corrected chi connectivity index (χ3v) is 13.5. The summed E-state index contributed by atoms with van der Waals surface area (Å²) in [5.74, 6) is 0.376. The zero-order valence-corrected chi connectivity index (χ0v) is 33.9. The van der Waals surface area contributed by atoms with Gasteiger partial charge in [0.1, 0.15) is 5.76 Å². The molecular weight excluding hydrogens is 685 g/mol. The van der Waals surface area contributed by atoms with Crippen LogP contribution in [-0.4, -0.2) is 52.6 Å². The van der Waals surface area contributed by atoms with Crippen molar-refractivity contribution in [3.63, 3.8) is 0 Å². The van der Waals surface area contributed by atoms with E-state index in [-0.39, 0.29) is 40.5 Å². The molecule has 55 heavy (non-hydrogen) atoms. The summed E-state index contributed by atoms with van der Waals surface area (Å²) in [6, 6.07) is 9.68. The average molecular weight is 747 g/mol. The van der Waals surface area contributed by atoms with Gasteiger partial charge in [-0.1, -0.05) is 81.9 Å². The summed E-state index contributed by atoms with van der Waals surface area (Å²) in [4.78, 5) is 45.6. The van der Waals surface area contributed by atoms with E-state index < -0.39 is 0 Å². The third-order valence-electron chi connectivity index (χ3n) is 13.5. The number of aryl methyl sites for hydroxylation is 3. The maximum atomic E-state index is 14.9. The van der Waals surface area contributed by atoms with Crippen LogP contribution in [0.2, 0.25) is 0 Å². The molecule has 8 nitrogen and oxygen atoms in total. The number of aliphatic hydroxyl groups excluding tert-OH is 1. The van der Waals surface area contributed by atoms with E-state index in [2.05, 4.69) is 24.1 Å². The number of anilines is 2. The zero-order valence-electron chi connectivity index (χ0n) is 33.9. The highest BCUT2D eigenvalue weighted by atomic mass is 16.3. The van der Waals surface area contributed by atoms with Crippen LogP contribution in [0.4, 0.5) is 11.4 Å². The lowest BCUT2D eigenvalue weighted by molar-refractivity contribution is -0.131. The average Bonchev–Trinajstić information content (AvgIpc) is 3.81. The van der Waals surface area contributed by atoms with Crippen molar-refractivity contribution in [1.82, 2.24) is 5.01 Å². The van der Waals surface area contributed by atoms with Gasteiger partial charge in [0.05, 0.1) is 34.2 Å². The summed E-state index contributed by atoms with van der Waals surface area (Å²) in [5, 5.41) is 22.1. The van der Waals surface area contributed by atoms with Crippen LogP contribution < -0.4 is 10.2 Å². The van der Waals surface area contributed by atoms with Gasteiger partial charge in [0.15, 0.2) is 0 Å².